The first kappa shape index (κ1) is 11.6. The molecule has 0 saturated heterocycles. The normalized spacial score (nSPS) is 10.9. The smallest absolute Gasteiger partial charge is 0.0931 e. The molecule has 0 N–H and O–H groups in total. The fraction of sp³-hybridized carbons (Fsp3) is 0.250. The zero-order valence-corrected chi connectivity index (χ0v) is 10.6. The zero-order valence-electron chi connectivity index (χ0n) is 9.06. The van der Waals surface area contributed by atoms with Gasteiger partial charge in [-0.15, -0.1) is 11.3 Å². The number of pyridine rings is 1. The largest absolute Gasteiger partial charge is 0.295 e. The maximum Gasteiger partial charge on any atom is 0.0931 e. The highest BCUT2D eigenvalue weighted by atomic mass is 35.5. The monoisotopic (exact) mass is 252 g/mol. The number of aromatic nitrogens is 1. The lowest BCUT2D eigenvalue weighted by Crippen LogP contribution is -2.17. The Balaban J connectivity index is 1.92. The van der Waals surface area contributed by atoms with Crippen molar-refractivity contribution >= 4 is 22.9 Å². The molecule has 16 heavy (non-hydrogen) atoms. The van der Waals surface area contributed by atoms with Crippen molar-refractivity contribution in [2.24, 2.45) is 0 Å². The maximum atomic E-state index is 5.89. The van der Waals surface area contributed by atoms with Crippen LogP contribution in [0.15, 0.2) is 36.5 Å². The van der Waals surface area contributed by atoms with Gasteiger partial charge >= 0.3 is 0 Å². The summed E-state index contributed by atoms with van der Waals surface area (Å²) in [4.78, 5) is 7.81. The first-order chi connectivity index (χ1) is 7.74. The number of hydrogen-bond acceptors (Lipinski definition) is 3. The van der Waals surface area contributed by atoms with Gasteiger partial charge in [-0.1, -0.05) is 17.7 Å². The number of thiophene rings is 1. The molecule has 0 bridgehead atoms. The number of hydrogen-bond donors (Lipinski definition) is 0. The first-order valence-electron chi connectivity index (χ1n) is 5.07. The molecule has 0 radical (unpaired) electrons. The molecule has 4 heteroatoms. The van der Waals surface area contributed by atoms with Crippen molar-refractivity contribution in [2.45, 2.75) is 13.1 Å². The summed E-state index contributed by atoms with van der Waals surface area (Å²) < 4.78 is 0.848. The van der Waals surface area contributed by atoms with Crippen LogP contribution in [0, 0.1) is 0 Å². The average Bonchev–Trinajstić information content (AvgIpc) is 2.65. The molecule has 0 fully saturated rings. The van der Waals surface area contributed by atoms with Gasteiger partial charge < -0.3 is 0 Å². The second kappa shape index (κ2) is 5.43. The summed E-state index contributed by atoms with van der Waals surface area (Å²) in [5.41, 5.74) is 1.09. The molecule has 2 rings (SSSR count). The topological polar surface area (TPSA) is 16.1 Å². The quantitative estimate of drug-likeness (QED) is 0.829. The molecule has 0 aliphatic rings. The highest BCUT2D eigenvalue weighted by Crippen LogP contribution is 2.22. The highest BCUT2D eigenvalue weighted by Gasteiger charge is 2.04. The molecule has 0 atom stereocenters. The average molecular weight is 253 g/mol. The van der Waals surface area contributed by atoms with Crippen LogP contribution in [0.5, 0.6) is 0 Å². The van der Waals surface area contributed by atoms with E-state index in [9.17, 15) is 0 Å². The lowest BCUT2D eigenvalue weighted by molar-refractivity contribution is 0.318. The summed E-state index contributed by atoms with van der Waals surface area (Å²) in [6, 6.07) is 10.00. The molecule has 2 heterocycles. The van der Waals surface area contributed by atoms with Gasteiger partial charge in [-0.05, 0) is 31.3 Å². The lowest BCUT2D eigenvalue weighted by Gasteiger charge is -2.14. The van der Waals surface area contributed by atoms with Gasteiger partial charge in [0.1, 0.15) is 0 Å². The van der Waals surface area contributed by atoms with Gasteiger partial charge in [0.2, 0.25) is 0 Å². The minimum atomic E-state index is 0.848. The third kappa shape index (κ3) is 3.30. The van der Waals surface area contributed by atoms with E-state index in [-0.39, 0.29) is 0 Å². The summed E-state index contributed by atoms with van der Waals surface area (Å²) in [6.07, 6.45) is 1.82. The van der Waals surface area contributed by atoms with Crippen molar-refractivity contribution in [1.29, 1.82) is 0 Å². The fourth-order valence-corrected chi connectivity index (χ4v) is 2.69. The fourth-order valence-electron chi connectivity index (χ4n) is 1.53. The van der Waals surface area contributed by atoms with Crippen LogP contribution in [0.2, 0.25) is 4.34 Å². The van der Waals surface area contributed by atoms with Crippen molar-refractivity contribution < 1.29 is 0 Å². The van der Waals surface area contributed by atoms with Crippen LogP contribution in [-0.4, -0.2) is 16.9 Å². The SMILES string of the molecule is CN(Cc1ccccn1)Cc1ccc(Cl)s1. The Morgan fingerprint density at radius 3 is 2.75 bits per heavy atom. The van der Waals surface area contributed by atoms with E-state index in [1.54, 1.807) is 11.3 Å². The molecule has 0 saturated carbocycles. The zero-order chi connectivity index (χ0) is 11.4. The number of nitrogens with zero attached hydrogens (tertiary/aromatic N) is 2. The molecule has 0 aliphatic carbocycles. The second-order valence-electron chi connectivity index (χ2n) is 3.70. The van der Waals surface area contributed by atoms with E-state index in [4.69, 9.17) is 11.6 Å². The van der Waals surface area contributed by atoms with Crippen LogP contribution >= 0.6 is 22.9 Å². The summed E-state index contributed by atoms with van der Waals surface area (Å²) in [5.74, 6) is 0. The van der Waals surface area contributed by atoms with Crippen molar-refractivity contribution in [1.82, 2.24) is 9.88 Å². The molecule has 0 unspecified atom stereocenters. The van der Waals surface area contributed by atoms with Crippen LogP contribution in [0.1, 0.15) is 10.6 Å². The maximum absolute atomic E-state index is 5.89. The predicted molar refractivity (Wildman–Crippen MR) is 68.7 cm³/mol. The van der Waals surface area contributed by atoms with Gasteiger partial charge in [0.25, 0.3) is 0 Å². The Kier molecular flexibility index (Phi) is 3.93. The van der Waals surface area contributed by atoms with E-state index in [1.165, 1.54) is 4.88 Å². The van der Waals surface area contributed by atoms with Gasteiger partial charge in [0.05, 0.1) is 10.0 Å². The molecule has 0 spiro atoms. The highest BCUT2D eigenvalue weighted by molar-refractivity contribution is 7.16. The van der Waals surface area contributed by atoms with Gasteiger partial charge in [-0.2, -0.15) is 0 Å². The van der Waals surface area contributed by atoms with Gasteiger partial charge in [0.15, 0.2) is 0 Å². The van der Waals surface area contributed by atoms with Gasteiger partial charge in [-0.3, -0.25) is 9.88 Å². The van der Waals surface area contributed by atoms with E-state index in [0.717, 1.165) is 23.1 Å². The summed E-state index contributed by atoms with van der Waals surface area (Å²) in [7, 11) is 2.09. The Hall–Kier alpha value is -0.900. The minimum absolute atomic E-state index is 0.848. The Morgan fingerprint density at radius 2 is 2.12 bits per heavy atom. The van der Waals surface area contributed by atoms with Crippen LogP contribution < -0.4 is 0 Å². The van der Waals surface area contributed by atoms with Crippen molar-refractivity contribution in [2.75, 3.05) is 7.05 Å². The van der Waals surface area contributed by atoms with E-state index in [0.29, 0.717) is 0 Å². The minimum Gasteiger partial charge on any atom is -0.295 e. The third-order valence-corrected chi connectivity index (χ3v) is 3.43. The molecule has 0 amide bonds. The third-order valence-electron chi connectivity index (χ3n) is 2.21. The Bertz CT molecular complexity index is 441. The predicted octanol–water partition coefficient (Wildman–Crippen LogP) is 3.43. The number of rotatable bonds is 4. The molecule has 2 aromatic heterocycles. The molecule has 84 valence electrons. The van der Waals surface area contributed by atoms with Crippen molar-refractivity contribution in [3.8, 4) is 0 Å². The van der Waals surface area contributed by atoms with Crippen molar-refractivity contribution in [3.63, 3.8) is 0 Å². The van der Waals surface area contributed by atoms with Crippen molar-refractivity contribution in [3.05, 3.63) is 51.4 Å². The Morgan fingerprint density at radius 1 is 1.25 bits per heavy atom. The first-order valence-corrected chi connectivity index (χ1v) is 6.26. The van der Waals surface area contributed by atoms with Gasteiger partial charge in [-0.25, -0.2) is 0 Å². The van der Waals surface area contributed by atoms with Crippen LogP contribution in [0.3, 0.4) is 0 Å². The second-order valence-corrected chi connectivity index (χ2v) is 5.50. The van der Waals surface area contributed by atoms with E-state index in [2.05, 4.69) is 23.0 Å². The Labute approximate surface area is 105 Å². The van der Waals surface area contributed by atoms with E-state index < -0.39 is 0 Å². The summed E-state index contributed by atoms with van der Waals surface area (Å²) >= 11 is 7.52. The molecule has 0 aromatic carbocycles. The summed E-state index contributed by atoms with van der Waals surface area (Å²) in [5, 5.41) is 0. The molecule has 2 aromatic rings. The molecule has 0 aliphatic heterocycles. The van der Waals surface area contributed by atoms with Gasteiger partial charge in [0, 0.05) is 24.2 Å². The van der Waals surface area contributed by atoms with Crippen LogP contribution in [0.25, 0.3) is 0 Å². The van der Waals surface area contributed by atoms with Crippen LogP contribution in [0.4, 0.5) is 0 Å². The van der Waals surface area contributed by atoms with Crippen LogP contribution in [-0.2, 0) is 13.1 Å². The van der Waals surface area contributed by atoms with E-state index >= 15 is 0 Å². The molecular weight excluding hydrogens is 240 g/mol. The van der Waals surface area contributed by atoms with E-state index in [1.807, 2.05) is 30.5 Å². The molecule has 2 nitrogen and oxygen atoms in total. The summed E-state index contributed by atoms with van der Waals surface area (Å²) in [6.45, 7) is 1.77. The molecular formula is C12H13ClN2S. The lowest BCUT2D eigenvalue weighted by atomic mass is 10.3. The number of halogens is 1. The standard InChI is InChI=1S/C12H13ClN2S/c1-15(8-10-4-2-3-7-14-10)9-11-5-6-12(13)16-11/h2-7H,8-9H2,1H3.